The molecule has 0 amide bonds. The average Bonchev–Trinajstić information content (AvgIpc) is 2.72. The van der Waals surface area contributed by atoms with Crippen molar-refractivity contribution in [2.45, 2.75) is 57.3 Å². The van der Waals surface area contributed by atoms with Crippen molar-refractivity contribution in [2.75, 3.05) is 7.05 Å². The van der Waals surface area contributed by atoms with Crippen LogP contribution in [0.25, 0.3) is 0 Å². The van der Waals surface area contributed by atoms with Crippen molar-refractivity contribution in [3.05, 3.63) is 33.8 Å². The molecule has 0 aliphatic carbocycles. The van der Waals surface area contributed by atoms with Gasteiger partial charge in [-0.2, -0.15) is 0 Å². The molecule has 2 heterocycles. The van der Waals surface area contributed by atoms with E-state index in [0.29, 0.717) is 0 Å². The minimum Gasteiger partial charge on any atom is -0.311 e. The first kappa shape index (κ1) is 13.6. The Morgan fingerprint density at radius 1 is 1.26 bits per heavy atom. The molecule has 3 rings (SSSR count). The molecule has 2 saturated heterocycles. The van der Waals surface area contributed by atoms with Crippen molar-refractivity contribution in [1.29, 1.82) is 0 Å². The lowest BCUT2D eigenvalue weighted by Crippen LogP contribution is -2.46. The summed E-state index contributed by atoms with van der Waals surface area (Å²) in [5, 5.41) is 3.72. The highest BCUT2D eigenvalue weighted by Crippen LogP contribution is 2.30. The van der Waals surface area contributed by atoms with E-state index in [4.69, 9.17) is 0 Å². The molecule has 0 spiro atoms. The first-order valence-corrected chi connectivity index (χ1v) is 8.12. The van der Waals surface area contributed by atoms with E-state index >= 15 is 0 Å². The Morgan fingerprint density at radius 3 is 2.58 bits per heavy atom. The second kappa shape index (κ2) is 5.55. The van der Waals surface area contributed by atoms with Gasteiger partial charge in [0.1, 0.15) is 0 Å². The van der Waals surface area contributed by atoms with Crippen molar-refractivity contribution < 1.29 is 0 Å². The summed E-state index contributed by atoms with van der Waals surface area (Å²) >= 11 is 3.63. The van der Waals surface area contributed by atoms with E-state index in [9.17, 15) is 0 Å². The second-order valence-corrected chi connectivity index (χ2v) is 7.12. The fraction of sp³-hybridized carbons (Fsp3) is 0.625. The lowest BCUT2D eigenvalue weighted by Gasteiger charge is -2.35. The first-order chi connectivity index (χ1) is 9.11. The predicted molar refractivity (Wildman–Crippen MR) is 83.3 cm³/mol. The van der Waals surface area contributed by atoms with Gasteiger partial charge < -0.3 is 5.32 Å². The maximum Gasteiger partial charge on any atom is 0.0234 e. The summed E-state index contributed by atoms with van der Waals surface area (Å²) in [6, 6.07) is 9.03. The number of piperidine rings is 1. The molecule has 2 atom stereocenters. The molecule has 1 aromatic rings. The maximum absolute atomic E-state index is 3.72. The van der Waals surface area contributed by atoms with Crippen molar-refractivity contribution in [2.24, 2.45) is 0 Å². The molecular weight excluding hydrogens is 300 g/mol. The molecule has 2 fully saturated rings. The zero-order valence-corrected chi connectivity index (χ0v) is 13.4. The Bertz CT molecular complexity index is 448. The minimum absolute atomic E-state index is 0.749. The number of fused-ring (bicyclic) bond motifs is 2. The van der Waals surface area contributed by atoms with Gasteiger partial charge in [0.2, 0.25) is 0 Å². The molecule has 19 heavy (non-hydrogen) atoms. The fourth-order valence-electron chi connectivity index (χ4n) is 3.54. The predicted octanol–water partition coefficient (Wildman–Crippen LogP) is 3.47. The molecule has 0 saturated carbocycles. The fourth-order valence-corrected chi connectivity index (χ4v) is 3.97. The zero-order valence-electron chi connectivity index (χ0n) is 11.8. The normalized spacial score (nSPS) is 30.0. The maximum atomic E-state index is 3.72. The Labute approximate surface area is 124 Å². The van der Waals surface area contributed by atoms with Gasteiger partial charge in [0.25, 0.3) is 0 Å². The van der Waals surface area contributed by atoms with E-state index in [1.807, 2.05) is 0 Å². The smallest absolute Gasteiger partial charge is 0.0234 e. The van der Waals surface area contributed by atoms with Gasteiger partial charge in [0.15, 0.2) is 0 Å². The summed E-state index contributed by atoms with van der Waals surface area (Å²) in [5.41, 5.74) is 2.72. The van der Waals surface area contributed by atoms with Gasteiger partial charge in [-0.15, -0.1) is 0 Å². The first-order valence-electron chi connectivity index (χ1n) is 7.33. The number of hydrogen-bond donors (Lipinski definition) is 1. The van der Waals surface area contributed by atoms with Crippen LogP contribution in [0.4, 0.5) is 0 Å². The number of nitrogens with zero attached hydrogens (tertiary/aromatic N) is 1. The third kappa shape index (κ3) is 3.04. The van der Waals surface area contributed by atoms with Crippen molar-refractivity contribution >= 4 is 15.9 Å². The van der Waals surface area contributed by atoms with Crippen LogP contribution in [0, 0.1) is 6.92 Å². The van der Waals surface area contributed by atoms with Crippen molar-refractivity contribution in [3.8, 4) is 0 Å². The van der Waals surface area contributed by atoms with Crippen LogP contribution in [0.5, 0.6) is 0 Å². The molecule has 1 N–H and O–H groups in total. The summed E-state index contributed by atoms with van der Waals surface area (Å²) in [6.07, 6.45) is 5.40. The van der Waals surface area contributed by atoms with E-state index in [-0.39, 0.29) is 0 Å². The van der Waals surface area contributed by atoms with E-state index in [2.05, 4.69) is 58.3 Å². The summed E-state index contributed by atoms with van der Waals surface area (Å²) in [7, 11) is 2.28. The SMILES string of the molecule is Cc1ccc(CN(C)C2CC3CCC(C2)N3)cc1Br. The van der Waals surface area contributed by atoms with Crippen molar-refractivity contribution in [3.63, 3.8) is 0 Å². The molecule has 2 aliphatic heterocycles. The van der Waals surface area contributed by atoms with Crippen LogP contribution in [0.3, 0.4) is 0 Å². The number of halogens is 1. The van der Waals surface area contributed by atoms with E-state index in [1.165, 1.54) is 41.3 Å². The van der Waals surface area contributed by atoms with Crippen LogP contribution in [-0.4, -0.2) is 30.1 Å². The molecule has 2 unspecified atom stereocenters. The molecule has 2 bridgehead atoms. The summed E-state index contributed by atoms with van der Waals surface area (Å²) in [6.45, 7) is 3.20. The van der Waals surface area contributed by atoms with Crippen LogP contribution < -0.4 is 5.32 Å². The number of rotatable bonds is 3. The van der Waals surface area contributed by atoms with Crippen LogP contribution in [0.2, 0.25) is 0 Å². The largest absolute Gasteiger partial charge is 0.311 e. The van der Waals surface area contributed by atoms with E-state index < -0.39 is 0 Å². The quantitative estimate of drug-likeness (QED) is 0.916. The Hall–Kier alpha value is -0.380. The van der Waals surface area contributed by atoms with Gasteiger partial charge in [-0.1, -0.05) is 28.1 Å². The Morgan fingerprint density at radius 2 is 1.95 bits per heavy atom. The highest BCUT2D eigenvalue weighted by Gasteiger charge is 2.34. The molecule has 0 radical (unpaired) electrons. The number of hydrogen-bond acceptors (Lipinski definition) is 2. The highest BCUT2D eigenvalue weighted by atomic mass is 79.9. The van der Waals surface area contributed by atoms with E-state index in [1.54, 1.807) is 0 Å². The van der Waals surface area contributed by atoms with Gasteiger partial charge in [0, 0.05) is 29.1 Å². The van der Waals surface area contributed by atoms with Gasteiger partial charge in [-0.3, -0.25) is 4.90 Å². The number of nitrogens with one attached hydrogen (secondary N) is 1. The highest BCUT2D eigenvalue weighted by molar-refractivity contribution is 9.10. The molecule has 1 aromatic carbocycles. The molecule has 2 aliphatic rings. The van der Waals surface area contributed by atoms with E-state index in [0.717, 1.165) is 24.7 Å². The summed E-state index contributed by atoms with van der Waals surface area (Å²) in [4.78, 5) is 2.54. The minimum atomic E-state index is 0.749. The number of benzene rings is 1. The third-order valence-corrected chi connectivity index (χ3v) is 5.59. The van der Waals surface area contributed by atoms with Crippen molar-refractivity contribution in [1.82, 2.24) is 10.2 Å². The van der Waals surface area contributed by atoms with Crippen LogP contribution in [0.15, 0.2) is 22.7 Å². The van der Waals surface area contributed by atoms with Gasteiger partial charge in [0.05, 0.1) is 0 Å². The topological polar surface area (TPSA) is 15.3 Å². The monoisotopic (exact) mass is 322 g/mol. The molecular formula is C16H23BrN2. The second-order valence-electron chi connectivity index (χ2n) is 6.26. The Balaban J connectivity index is 1.64. The average molecular weight is 323 g/mol. The molecule has 2 nitrogen and oxygen atoms in total. The lowest BCUT2D eigenvalue weighted by molar-refractivity contribution is 0.166. The number of aryl methyl sites for hydroxylation is 1. The van der Waals surface area contributed by atoms with Gasteiger partial charge in [-0.05, 0) is 56.8 Å². The Kier molecular flexibility index (Phi) is 3.97. The lowest BCUT2D eigenvalue weighted by atomic mass is 9.98. The summed E-state index contributed by atoms with van der Waals surface area (Å²) < 4.78 is 1.23. The summed E-state index contributed by atoms with van der Waals surface area (Å²) in [5.74, 6) is 0. The standard InChI is InChI=1S/C16H23BrN2/c1-11-3-4-12(7-16(11)17)10-19(2)15-8-13-5-6-14(9-15)18-13/h3-4,7,13-15,18H,5-6,8-10H2,1-2H3. The van der Waals surface area contributed by atoms with Crippen LogP contribution >= 0.6 is 15.9 Å². The molecule has 0 aromatic heterocycles. The molecule has 104 valence electrons. The third-order valence-electron chi connectivity index (χ3n) is 4.74. The zero-order chi connectivity index (χ0) is 13.4. The van der Waals surface area contributed by atoms with Gasteiger partial charge >= 0.3 is 0 Å². The van der Waals surface area contributed by atoms with Crippen LogP contribution in [0.1, 0.15) is 36.8 Å². The molecule has 3 heteroatoms. The van der Waals surface area contributed by atoms with Gasteiger partial charge in [-0.25, -0.2) is 0 Å². The van der Waals surface area contributed by atoms with Crippen LogP contribution in [-0.2, 0) is 6.54 Å².